The maximum Gasteiger partial charge on any atom is 0.255 e. The quantitative estimate of drug-likeness (QED) is 0.839. The van der Waals surface area contributed by atoms with E-state index in [-0.39, 0.29) is 5.91 Å². The molecule has 0 bridgehead atoms. The van der Waals surface area contributed by atoms with Gasteiger partial charge in [0, 0.05) is 40.5 Å². The van der Waals surface area contributed by atoms with Gasteiger partial charge < -0.3 is 14.5 Å². The SMILES string of the molecule is COC[C@H]1CCCN(C(=O)c2ccc(N(C)C)nc2)C1. The van der Waals surface area contributed by atoms with Gasteiger partial charge in [0.05, 0.1) is 12.2 Å². The second-order valence-electron chi connectivity index (χ2n) is 5.51. The molecule has 0 radical (unpaired) electrons. The van der Waals surface area contributed by atoms with Crippen molar-refractivity contribution in [3.8, 4) is 0 Å². The fraction of sp³-hybridized carbons (Fsp3) is 0.600. The molecule has 1 aliphatic heterocycles. The van der Waals surface area contributed by atoms with Crippen molar-refractivity contribution in [3.63, 3.8) is 0 Å². The Morgan fingerprint density at radius 3 is 2.90 bits per heavy atom. The molecule has 1 atom stereocenters. The zero-order valence-corrected chi connectivity index (χ0v) is 12.5. The lowest BCUT2D eigenvalue weighted by Gasteiger charge is -2.32. The first-order valence-electron chi connectivity index (χ1n) is 7.03. The number of hydrogen-bond donors (Lipinski definition) is 0. The van der Waals surface area contributed by atoms with E-state index in [1.165, 1.54) is 0 Å². The summed E-state index contributed by atoms with van der Waals surface area (Å²) in [6.07, 6.45) is 3.84. The summed E-state index contributed by atoms with van der Waals surface area (Å²) >= 11 is 0. The van der Waals surface area contributed by atoms with Crippen LogP contribution in [0, 0.1) is 5.92 Å². The number of carbonyl (C=O) groups is 1. The molecule has 0 aromatic carbocycles. The number of anilines is 1. The fourth-order valence-electron chi connectivity index (χ4n) is 2.58. The highest BCUT2D eigenvalue weighted by Crippen LogP contribution is 2.19. The smallest absolute Gasteiger partial charge is 0.255 e. The largest absolute Gasteiger partial charge is 0.384 e. The van der Waals surface area contributed by atoms with Crippen molar-refractivity contribution >= 4 is 11.7 Å². The Hall–Kier alpha value is -1.62. The van der Waals surface area contributed by atoms with E-state index in [1.54, 1.807) is 13.3 Å². The molecule has 0 aliphatic carbocycles. The predicted molar refractivity (Wildman–Crippen MR) is 79.1 cm³/mol. The Labute approximate surface area is 120 Å². The van der Waals surface area contributed by atoms with Crippen molar-refractivity contribution < 1.29 is 9.53 Å². The summed E-state index contributed by atoms with van der Waals surface area (Å²) in [6, 6.07) is 3.73. The van der Waals surface area contributed by atoms with E-state index < -0.39 is 0 Å². The highest BCUT2D eigenvalue weighted by Gasteiger charge is 2.24. The van der Waals surface area contributed by atoms with Crippen LogP contribution in [0.25, 0.3) is 0 Å². The van der Waals surface area contributed by atoms with E-state index in [4.69, 9.17) is 4.74 Å². The molecule has 1 amide bonds. The van der Waals surface area contributed by atoms with Crippen molar-refractivity contribution in [3.05, 3.63) is 23.9 Å². The molecule has 1 aromatic rings. The van der Waals surface area contributed by atoms with Gasteiger partial charge in [0.2, 0.25) is 0 Å². The summed E-state index contributed by atoms with van der Waals surface area (Å²) in [6.45, 7) is 2.33. The van der Waals surface area contributed by atoms with Gasteiger partial charge in [-0.05, 0) is 30.9 Å². The highest BCUT2D eigenvalue weighted by atomic mass is 16.5. The number of rotatable bonds is 4. The van der Waals surface area contributed by atoms with Crippen LogP contribution >= 0.6 is 0 Å². The molecular formula is C15H23N3O2. The summed E-state index contributed by atoms with van der Waals surface area (Å²) in [5.41, 5.74) is 0.661. The van der Waals surface area contributed by atoms with Crippen LogP contribution < -0.4 is 4.90 Å². The van der Waals surface area contributed by atoms with E-state index in [9.17, 15) is 4.79 Å². The Morgan fingerprint density at radius 2 is 2.30 bits per heavy atom. The van der Waals surface area contributed by atoms with Gasteiger partial charge in [0.25, 0.3) is 5.91 Å². The third kappa shape index (κ3) is 3.48. The van der Waals surface area contributed by atoms with Crippen LogP contribution in [0.15, 0.2) is 18.3 Å². The topological polar surface area (TPSA) is 45.7 Å². The molecule has 5 nitrogen and oxygen atoms in total. The Bertz CT molecular complexity index is 443. The van der Waals surface area contributed by atoms with Crippen molar-refractivity contribution in [2.75, 3.05) is 45.8 Å². The van der Waals surface area contributed by atoms with Crippen molar-refractivity contribution in [2.24, 2.45) is 5.92 Å². The van der Waals surface area contributed by atoms with Crippen LogP contribution in [0.5, 0.6) is 0 Å². The van der Waals surface area contributed by atoms with Crippen LogP contribution in [-0.2, 0) is 4.74 Å². The lowest BCUT2D eigenvalue weighted by molar-refractivity contribution is 0.0570. The number of amides is 1. The maximum absolute atomic E-state index is 12.5. The Kier molecular flexibility index (Phi) is 4.95. The van der Waals surface area contributed by atoms with Crippen LogP contribution in [0.4, 0.5) is 5.82 Å². The van der Waals surface area contributed by atoms with Gasteiger partial charge in [-0.25, -0.2) is 4.98 Å². The van der Waals surface area contributed by atoms with Gasteiger partial charge in [-0.2, -0.15) is 0 Å². The number of likely N-dealkylation sites (tertiary alicyclic amines) is 1. The van der Waals surface area contributed by atoms with Gasteiger partial charge in [-0.3, -0.25) is 4.79 Å². The minimum Gasteiger partial charge on any atom is -0.384 e. The highest BCUT2D eigenvalue weighted by molar-refractivity contribution is 5.94. The monoisotopic (exact) mass is 277 g/mol. The maximum atomic E-state index is 12.5. The van der Waals surface area contributed by atoms with Gasteiger partial charge in [-0.15, -0.1) is 0 Å². The molecule has 0 unspecified atom stereocenters. The fourth-order valence-corrected chi connectivity index (χ4v) is 2.58. The van der Waals surface area contributed by atoms with E-state index >= 15 is 0 Å². The molecule has 1 fully saturated rings. The van der Waals surface area contributed by atoms with Crippen LogP contribution in [0.3, 0.4) is 0 Å². The van der Waals surface area contributed by atoms with Gasteiger partial charge in [-0.1, -0.05) is 0 Å². The predicted octanol–water partition coefficient (Wildman–Crippen LogP) is 1.65. The van der Waals surface area contributed by atoms with Gasteiger partial charge >= 0.3 is 0 Å². The Morgan fingerprint density at radius 1 is 1.50 bits per heavy atom. The van der Waals surface area contributed by atoms with E-state index in [0.717, 1.165) is 38.4 Å². The number of pyridine rings is 1. The van der Waals surface area contributed by atoms with Crippen molar-refractivity contribution in [1.29, 1.82) is 0 Å². The summed E-state index contributed by atoms with van der Waals surface area (Å²) in [7, 11) is 5.58. The summed E-state index contributed by atoms with van der Waals surface area (Å²) in [5.74, 6) is 1.38. The normalized spacial score (nSPS) is 18.9. The molecule has 20 heavy (non-hydrogen) atoms. The molecule has 1 aliphatic rings. The average Bonchev–Trinajstić information content (AvgIpc) is 2.47. The molecule has 0 saturated carbocycles. The minimum atomic E-state index is 0.0728. The number of nitrogens with zero attached hydrogens (tertiary/aromatic N) is 3. The van der Waals surface area contributed by atoms with Crippen LogP contribution in [0.2, 0.25) is 0 Å². The number of aromatic nitrogens is 1. The molecule has 110 valence electrons. The number of carbonyl (C=O) groups excluding carboxylic acids is 1. The molecule has 0 spiro atoms. The molecule has 0 N–H and O–H groups in total. The van der Waals surface area contributed by atoms with Crippen LogP contribution in [-0.4, -0.2) is 56.7 Å². The Balaban J connectivity index is 2.02. The van der Waals surface area contributed by atoms with Crippen molar-refractivity contribution in [2.45, 2.75) is 12.8 Å². The minimum absolute atomic E-state index is 0.0728. The summed E-state index contributed by atoms with van der Waals surface area (Å²) < 4.78 is 5.20. The third-order valence-electron chi connectivity index (χ3n) is 3.66. The first-order chi connectivity index (χ1) is 9.61. The second-order valence-corrected chi connectivity index (χ2v) is 5.51. The molecule has 5 heteroatoms. The summed E-state index contributed by atoms with van der Waals surface area (Å²) in [5, 5.41) is 0. The van der Waals surface area contributed by atoms with Crippen molar-refractivity contribution in [1.82, 2.24) is 9.88 Å². The van der Waals surface area contributed by atoms with Gasteiger partial charge in [0.15, 0.2) is 0 Å². The standard InChI is InChI=1S/C15H23N3O2/c1-17(2)14-7-6-13(9-16-14)15(19)18-8-4-5-12(10-18)11-20-3/h6-7,9,12H,4-5,8,10-11H2,1-3H3/t12-/m0/s1. The molecule has 1 aromatic heterocycles. The first-order valence-corrected chi connectivity index (χ1v) is 7.03. The molecule has 1 saturated heterocycles. The number of hydrogen-bond acceptors (Lipinski definition) is 4. The molecule has 2 rings (SSSR count). The summed E-state index contributed by atoms with van der Waals surface area (Å²) in [4.78, 5) is 20.6. The third-order valence-corrected chi connectivity index (χ3v) is 3.66. The van der Waals surface area contributed by atoms with E-state index in [0.29, 0.717) is 11.5 Å². The van der Waals surface area contributed by atoms with Gasteiger partial charge in [0.1, 0.15) is 5.82 Å². The number of piperidine rings is 1. The van der Waals surface area contributed by atoms with E-state index in [1.807, 2.05) is 36.0 Å². The lowest BCUT2D eigenvalue weighted by atomic mass is 9.98. The molecular weight excluding hydrogens is 254 g/mol. The zero-order chi connectivity index (χ0) is 14.5. The van der Waals surface area contributed by atoms with Crippen LogP contribution in [0.1, 0.15) is 23.2 Å². The number of ether oxygens (including phenoxy) is 1. The lowest BCUT2D eigenvalue weighted by Crippen LogP contribution is -2.41. The first kappa shape index (κ1) is 14.8. The molecule has 2 heterocycles. The second kappa shape index (κ2) is 6.70. The number of methoxy groups -OCH3 is 1. The van der Waals surface area contributed by atoms with E-state index in [2.05, 4.69) is 4.98 Å². The zero-order valence-electron chi connectivity index (χ0n) is 12.5. The average molecular weight is 277 g/mol.